The van der Waals surface area contributed by atoms with Crippen LogP contribution in [0.4, 0.5) is 0 Å². The van der Waals surface area contributed by atoms with Crippen LogP contribution < -0.4 is 4.74 Å². The first kappa shape index (κ1) is 33.4. The summed E-state index contributed by atoms with van der Waals surface area (Å²) in [6.45, 7) is 7.21. The molecule has 6 nitrogen and oxygen atoms in total. The molecule has 46 heavy (non-hydrogen) atoms. The van der Waals surface area contributed by atoms with Gasteiger partial charge in [0.1, 0.15) is 0 Å². The van der Waals surface area contributed by atoms with Crippen molar-refractivity contribution in [1.82, 2.24) is 10.1 Å². The zero-order valence-electron chi connectivity index (χ0n) is 28.0. The maximum absolute atomic E-state index is 12.5. The van der Waals surface area contributed by atoms with Crippen LogP contribution in [0.25, 0.3) is 22.5 Å². The van der Waals surface area contributed by atoms with Gasteiger partial charge in [0.05, 0.1) is 24.3 Å². The number of unbranched alkanes of at least 4 members (excludes halogenated alkanes) is 9. The Morgan fingerprint density at radius 1 is 0.783 bits per heavy atom. The highest BCUT2D eigenvalue weighted by atomic mass is 16.5. The molecule has 2 aromatic heterocycles. The number of esters is 1. The molecular formula is C40H50N2O4. The largest absolute Gasteiger partial charge is 0.478 e. The molecule has 0 N–H and O–H groups in total. The molecular weight excluding hydrogens is 572 g/mol. The smallest absolute Gasteiger partial charge is 0.316 e. The van der Waals surface area contributed by atoms with Crippen molar-refractivity contribution in [3.63, 3.8) is 0 Å². The van der Waals surface area contributed by atoms with Crippen molar-refractivity contribution in [3.05, 3.63) is 89.2 Å². The lowest BCUT2D eigenvalue weighted by molar-refractivity contribution is -0.146. The average molecular weight is 623 g/mol. The van der Waals surface area contributed by atoms with Crippen molar-refractivity contribution >= 4 is 5.97 Å². The standard InChI is InChI=1S/C40H50N2O4/c1-4-6-7-8-9-10-11-12-13-14-28-45-37-17-15-16-35(41-37)29-36-30(3)42-46-38(36)33-20-18-31(19-21-33)32-22-24-34(25-23-32)40(26-27-40)39(43)44-5-2/h15-25H,4-14,26-29H2,1-3H3. The van der Waals surface area contributed by atoms with Crippen molar-refractivity contribution in [3.8, 4) is 28.3 Å². The van der Waals surface area contributed by atoms with Crippen molar-refractivity contribution < 1.29 is 18.8 Å². The average Bonchev–Trinajstić information content (AvgIpc) is 3.82. The number of aromatic nitrogens is 2. The maximum Gasteiger partial charge on any atom is 0.316 e. The number of pyridine rings is 1. The Kier molecular flexibility index (Phi) is 12.0. The second-order valence-corrected chi connectivity index (χ2v) is 12.7. The number of rotatable bonds is 19. The number of ether oxygens (including phenoxy) is 2. The molecule has 0 bridgehead atoms. The van der Waals surface area contributed by atoms with E-state index in [4.69, 9.17) is 19.0 Å². The van der Waals surface area contributed by atoms with E-state index >= 15 is 0 Å². The molecule has 1 fully saturated rings. The van der Waals surface area contributed by atoms with E-state index in [2.05, 4.69) is 60.6 Å². The zero-order valence-corrected chi connectivity index (χ0v) is 28.0. The van der Waals surface area contributed by atoms with Crippen molar-refractivity contribution in [2.24, 2.45) is 0 Å². The molecule has 6 heteroatoms. The van der Waals surface area contributed by atoms with Gasteiger partial charge < -0.3 is 14.0 Å². The number of hydrogen-bond acceptors (Lipinski definition) is 6. The van der Waals surface area contributed by atoms with E-state index in [9.17, 15) is 4.79 Å². The number of aryl methyl sites for hydroxylation is 1. The van der Waals surface area contributed by atoms with Crippen LogP contribution in [0.3, 0.4) is 0 Å². The molecule has 1 saturated carbocycles. The quantitative estimate of drug-likeness (QED) is 0.0765. The van der Waals surface area contributed by atoms with Gasteiger partial charge in [-0.2, -0.15) is 0 Å². The van der Waals surface area contributed by atoms with Gasteiger partial charge >= 0.3 is 5.97 Å². The van der Waals surface area contributed by atoms with E-state index in [-0.39, 0.29) is 5.97 Å². The minimum absolute atomic E-state index is 0.107. The van der Waals surface area contributed by atoms with E-state index in [1.54, 1.807) is 0 Å². The van der Waals surface area contributed by atoms with Crippen LogP contribution in [0.1, 0.15) is 113 Å². The first-order chi connectivity index (χ1) is 22.5. The highest BCUT2D eigenvalue weighted by Gasteiger charge is 2.52. The minimum Gasteiger partial charge on any atom is -0.478 e. The van der Waals surface area contributed by atoms with Crippen LogP contribution >= 0.6 is 0 Å². The first-order valence-electron chi connectivity index (χ1n) is 17.5. The monoisotopic (exact) mass is 622 g/mol. The number of carbonyl (C=O) groups excluding carboxylic acids is 1. The van der Waals surface area contributed by atoms with E-state index in [1.807, 2.05) is 32.0 Å². The van der Waals surface area contributed by atoms with Gasteiger partial charge in [-0.25, -0.2) is 4.98 Å². The van der Waals surface area contributed by atoms with Gasteiger partial charge in [0, 0.05) is 29.3 Å². The van der Waals surface area contributed by atoms with Gasteiger partial charge in [0.15, 0.2) is 5.76 Å². The molecule has 5 rings (SSSR count). The van der Waals surface area contributed by atoms with Crippen LogP contribution in [0.2, 0.25) is 0 Å². The summed E-state index contributed by atoms with van der Waals surface area (Å²) in [6, 6.07) is 22.6. The van der Waals surface area contributed by atoms with E-state index in [0.717, 1.165) is 64.2 Å². The molecule has 4 aromatic rings. The van der Waals surface area contributed by atoms with Crippen LogP contribution in [0.15, 0.2) is 71.3 Å². The Morgan fingerprint density at radius 2 is 1.39 bits per heavy atom. The van der Waals surface area contributed by atoms with E-state index in [0.29, 0.717) is 25.5 Å². The highest BCUT2D eigenvalue weighted by molar-refractivity contribution is 5.87. The molecule has 0 spiro atoms. The second kappa shape index (κ2) is 16.6. The van der Waals surface area contributed by atoms with Gasteiger partial charge in [-0.15, -0.1) is 0 Å². The molecule has 0 radical (unpaired) electrons. The summed E-state index contributed by atoms with van der Waals surface area (Å²) in [4.78, 5) is 17.3. The molecule has 0 saturated heterocycles. The van der Waals surface area contributed by atoms with Crippen molar-refractivity contribution in [1.29, 1.82) is 0 Å². The molecule has 2 aromatic carbocycles. The SMILES string of the molecule is CCCCCCCCCCCCOc1cccc(Cc2c(C)noc2-c2ccc(-c3ccc(C4(C(=O)OCC)CC4)cc3)cc2)n1. The summed E-state index contributed by atoms with van der Waals surface area (Å²) < 4.78 is 17.2. The van der Waals surface area contributed by atoms with Gasteiger partial charge in [0.2, 0.25) is 5.88 Å². The third kappa shape index (κ3) is 8.65. The molecule has 1 aliphatic carbocycles. The van der Waals surface area contributed by atoms with Crippen molar-refractivity contribution in [2.75, 3.05) is 13.2 Å². The Balaban J connectivity index is 1.13. The van der Waals surface area contributed by atoms with Crippen molar-refractivity contribution in [2.45, 2.75) is 110 Å². The van der Waals surface area contributed by atoms with Crippen LogP contribution in [-0.2, 0) is 21.4 Å². The molecule has 244 valence electrons. The lowest BCUT2D eigenvalue weighted by Crippen LogP contribution is -2.23. The molecule has 0 amide bonds. The Hall–Kier alpha value is -3.93. The predicted molar refractivity (Wildman–Crippen MR) is 184 cm³/mol. The predicted octanol–water partition coefficient (Wildman–Crippen LogP) is 10.2. The topological polar surface area (TPSA) is 74.5 Å². The molecule has 0 aliphatic heterocycles. The first-order valence-corrected chi connectivity index (χ1v) is 17.5. The number of nitrogens with zero attached hydrogens (tertiary/aromatic N) is 2. The van der Waals surface area contributed by atoms with Crippen LogP contribution in [0, 0.1) is 6.92 Å². The Labute approximate surface area is 274 Å². The number of carbonyl (C=O) groups is 1. The minimum atomic E-state index is -0.452. The third-order valence-electron chi connectivity index (χ3n) is 9.21. The van der Waals surface area contributed by atoms with Gasteiger partial charge in [-0.05, 0) is 55.9 Å². The molecule has 0 unspecified atom stereocenters. The summed E-state index contributed by atoms with van der Waals surface area (Å²) in [7, 11) is 0. The number of hydrogen-bond donors (Lipinski definition) is 0. The maximum atomic E-state index is 12.5. The fourth-order valence-corrected chi connectivity index (χ4v) is 6.21. The lowest BCUT2D eigenvalue weighted by Gasteiger charge is -2.14. The van der Waals surface area contributed by atoms with Gasteiger partial charge in [-0.3, -0.25) is 4.79 Å². The number of benzene rings is 2. The Morgan fingerprint density at radius 3 is 2.02 bits per heavy atom. The molecule has 1 aliphatic rings. The summed E-state index contributed by atoms with van der Waals surface area (Å²) in [5.74, 6) is 1.33. The van der Waals surface area contributed by atoms with Crippen LogP contribution in [-0.4, -0.2) is 29.3 Å². The summed E-state index contributed by atoms with van der Waals surface area (Å²) >= 11 is 0. The molecule has 2 heterocycles. The molecule has 0 atom stereocenters. The summed E-state index contributed by atoms with van der Waals surface area (Å²) in [5.41, 5.74) is 6.59. The van der Waals surface area contributed by atoms with Crippen LogP contribution in [0.5, 0.6) is 5.88 Å². The lowest BCUT2D eigenvalue weighted by atomic mass is 9.93. The fraction of sp³-hybridized carbons (Fsp3) is 0.475. The fourth-order valence-electron chi connectivity index (χ4n) is 6.21. The second-order valence-electron chi connectivity index (χ2n) is 12.7. The third-order valence-corrected chi connectivity index (χ3v) is 9.21. The zero-order chi connectivity index (χ0) is 32.2. The normalized spacial score (nSPS) is 13.5. The Bertz CT molecular complexity index is 1520. The van der Waals surface area contributed by atoms with E-state index < -0.39 is 5.41 Å². The highest BCUT2D eigenvalue weighted by Crippen LogP contribution is 2.49. The van der Waals surface area contributed by atoms with Gasteiger partial charge in [-0.1, -0.05) is 124 Å². The summed E-state index contributed by atoms with van der Waals surface area (Å²) in [5, 5.41) is 4.30. The van der Waals surface area contributed by atoms with Gasteiger partial charge in [0.25, 0.3) is 0 Å². The summed E-state index contributed by atoms with van der Waals surface area (Å²) in [6.07, 6.45) is 15.4. The van der Waals surface area contributed by atoms with E-state index in [1.165, 1.54) is 57.8 Å².